The Balaban J connectivity index is 1.57. The van der Waals surface area contributed by atoms with E-state index >= 15 is 0 Å². The lowest BCUT2D eigenvalue weighted by Gasteiger charge is -2.39. The summed E-state index contributed by atoms with van der Waals surface area (Å²) in [6, 6.07) is 10.1. The maximum absolute atomic E-state index is 13.3. The van der Waals surface area contributed by atoms with E-state index in [1.807, 2.05) is 25.1 Å². The van der Waals surface area contributed by atoms with Gasteiger partial charge in [-0.15, -0.1) is 5.10 Å². The molecule has 1 saturated carbocycles. The number of hydrogen-bond donors (Lipinski definition) is 1. The van der Waals surface area contributed by atoms with Crippen molar-refractivity contribution < 1.29 is 17.9 Å². The Morgan fingerprint density at radius 1 is 1.16 bits per heavy atom. The Labute approximate surface area is 185 Å². The van der Waals surface area contributed by atoms with E-state index in [1.54, 1.807) is 12.3 Å². The molecule has 0 amide bonds. The monoisotopic (exact) mass is 444 g/mol. The van der Waals surface area contributed by atoms with Crippen LogP contribution in [0.25, 0.3) is 10.8 Å². The van der Waals surface area contributed by atoms with E-state index in [0.717, 1.165) is 35.4 Å². The average Bonchev–Trinajstić information content (AvgIpc) is 2.69. The summed E-state index contributed by atoms with van der Waals surface area (Å²) >= 11 is 0. The molecule has 0 spiro atoms. The lowest BCUT2D eigenvalue weighted by molar-refractivity contribution is -0.138. The average molecular weight is 445 g/mol. The quantitative estimate of drug-likeness (QED) is 0.536. The standard InChI is InChI=1S/C24H27F3N4O/c1-14-20(6-5-7-22(14)24(25,26)27)15(2)29-23-21-12-18(9-8-16(21)13-28-30-23)32-19-10-17(11-19)31(3)4/h5-9,12-13,15,17,19H,10-11H2,1-4H3,(H,29,30)/t15-,17-,19-/m1/s1. The van der Waals surface area contributed by atoms with Crippen molar-refractivity contribution in [2.24, 2.45) is 0 Å². The van der Waals surface area contributed by atoms with Crippen molar-refractivity contribution in [1.29, 1.82) is 0 Å². The van der Waals surface area contributed by atoms with E-state index in [0.29, 0.717) is 17.4 Å². The molecule has 3 aromatic rings. The third kappa shape index (κ3) is 4.50. The van der Waals surface area contributed by atoms with E-state index in [9.17, 15) is 13.2 Å². The maximum Gasteiger partial charge on any atom is 0.416 e. The first-order chi connectivity index (χ1) is 15.1. The molecule has 5 nitrogen and oxygen atoms in total. The van der Waals surface area contributed by atoms with Crippen LogP contribution in [0.4, 0.5) is 19.0 Å². The Morgan fingerprint density at radius 3 is 2.59 bits per heavy atom. The van der Waals surface area contributed by atoms with Crippen molar-refractivity contribution in [3.8, 4) is 5.75 Å². The summed E-state index contributed by atoms with van der Waals surface area (Å²) in [6.07, 6.45) is -0.584. The van der Waals surface area contributed by atoms with Gasteiger partial charge in [0.15, 0.2) is 5.82 Å². The van der Waals surface area contributed by atoms with Crippen LogP contribution in [0.15, 0.2) is 42.6 Å². The lowest BCUT2D eigenvalue weighted by atomic mass is 9.88. The maximum atomic E-state index is 13.3. The van der Waals surface area contributed by atoms with Crippen LogP contribution < -0.4 is 10.1 Å². The Bertz CT molecular complexity index is 1110. The number of rotatable bonds is 6. The largest absolute Gasteiger partial charge is 0.490 e. The minimum Gasteiger partial charge on any atom is -0.490 e. The van der Waals surface area contributed by atoms with E-state index in [4.69, 9.17) is 4.74 Å². The van der Waals surface area contributed by atoms with Crippen LogP contribution >= 0.6 is 0 Å². The number of nitrogens with one attached hydrogen (secondary N) is 1. The summed E-state index contributed by atoms with van der Waals surface area (Å²) in [7, 11) is 4.14. The molecule has 0 bridgehead atoms. The second-order valence-corrected chi connectivity index (χ2v) is 8.65. The molecule has 0 saturated heterocycles. The fourth-order valence-electron chi connectivity index (χ4n) is 4.20. The van der Waals surface area contributed by atoms with Gasteiger partial charge in [0, 0.05) is 16.8 Å². The van der Waals surface area contributed by atoms with E-state index in [-0.39, 0.29) is 11.7 Å². The third-order valence-corrected chi connectivity index (χ3v) is 6.24. The number of aromatic nitrogens is 2. The van der Waals surface area contributed by atoms with E-state index < -0.39 is 17.8 Å². The third-order valence-electron chi connectivity index (χ3n) is 6.24. The Hall–Kier alpha value is -2.87. The first-order valence-electron chi connectivity index (χ1n) is 10.6. The van der Waals surface area contributed by atoms with Gasteiger partial charge in [0.25, 0.3) is 0 Å². The van der Waals surface area contributed by atoms with Crippen LogP contribution in [0.1, 0.15) is 42.5 Å². The summed E-state index contributed by atoms with van der Waals surface area (Å²) in [5.41, 5.74) is 0.146. The number of hydrogen-bond acceptors (Lipinski definition) is 5. The molecule has 1 fully saturated rings. The molecule has 4 rings (SSSR count). The van der Waals surface area contributed by atoms with Gasteiger partial charge in [-0.1, -0.05) is 12.1 Å². The van der Waals surface area contributed by atoms with Gasteiger partial charge in [0.05, 0.1) is 17.8 Å². The number of benzene rings is 2. The number of halogens is 3. The summed E-state index contributed by atoms with van der Waals surface area (Å²) in [6.45, 7) is 3.32. The molecule has 8 heteroatoms. The van der Waals surface area contributed by atoms with Crippen LogP contribution in [0.5, 0.6) is 5.75 Å². The fraction of sp³-hybridized carbons (Fsp3) is 0.417. The van der Waals surface area contributed by atoms with Crippen molar-refractivity contribution >= 4 is 16.6 Å². The van der Waals surface area contributed by atoms with Crippen molar-refractivity contribution in [3.63, 3.8) is 0 Å². The van der Waals surface area contributed by atoms with Gasteiger partial charge in [-0.3, -0.25) is 0 Å². The molecule has 0 unspecified atom stereocenters. The van der Waals surface area contributed by atoms with Crippen LogP contribution in [0, 0.1) is 6.92 Å². The normalized spacial score (nSPS) is 19.6. The van der Waals surface area contributed by atoms with Crippen molar-refractivity contribution in [1.82, 2.24) is 15.1 Å². The summed E-state index contributed by atoms with van der Waals surface area (Å²) in [5.74, 6) is 1.26. The van der Waals surface area contributed by atoms with Gasteiger partial charge in [0.1, 0.15) is 11.9 Å². The van der Waals surface area contributed by atoms with Crippen LogP contribution in [-0.2, 0) is 6.18 Å². The topological polar surface area (TPSA) is 50.3 Å². The highest BCUT2D eigenvalue weighted by molar-refractivity contribution is 5.92. The highest BCUT2D eigenvalue weighted by Crippen LogP contribution is 2.36. The number of alkyl halides is 3. The predicted octanol–water partition coefficient (Wildman–Crippen LogP) is 5.60. The molecule has 0 aliphatic heterocycles. The van der Waals surface area contributed by atoms with Crippen molar-refractivity contribution in [2.75, 3.05) is 19.4 Å². The number of nitrogens with zero attached hydrogens (tertiary/aromatic N) is 3. The SMILES string of the molecule is Cc1c([C@@H](C)Nc2nncc3ccc(O[C@H]4C[C@H](N(C)C)C4)cc23)cccc1C(F)(F)F. The van der Waals surface area contributed by atoms with Crippen LogP contribution in [0.2, 0.25) is 0 Å². The fourth-order valence-corrected chi connectivity index (χ4v) is 4.20. The molecule has 1 heterocycles. The first-order valence-corrected chi connectivity index (χ1v) is 10.6. The molecule has 1 aromatic heterocycles. The zero-order chi connectivity index (χ0) is 23.0. The highest BCUT2D eigenvalue weighted by atomic mass is 19.4. The first kappa shape index (κ1) is 22.3. The number of fused-ring (bicyclic) bond motifs is 1. The predicted molar refractivity (Wildman–Crippen MR) is 119 cm³/mol. The Kier molecular flexibility index (Phi) is 5.99. The summed E-state index contributed by atoms with van der Waals surface area (Å²) in [5, 5.41) is 13.2. The van der Waals surface area contributed by atoms with Crippen molar-refractivity contribution in [2.45, 2.75) is 51.1 Å². The van der Waals surface area contributed by atoms with E-state index in [1.165, 1.54) is 13.0 Å². The lowest BCUT2D eigenvalue weighted by Crippen LogP contribution is -2.46. The highest BCUT2D eigenvalue weighted by Gasteiger charge is 2.34. The van der Waals surface area contributed by atoms with Crippen LogP contribution in [-0.4, -0.2) is 41.3 Å². The molecule has 32 heavy (non-hydrogen) atoms. The summed E-state index contributed by atoms with van der Waals surface area (Å²) in [4.78, 5) is 2.20. The molecule has 2 aromatic carbocycles. The molecular formula is C24H27F3N4O. The summed E-state index contributed by atoms with van der Waals surface area (Å²) < 4.78 is 46.1. The number of anilines is 1. The molecule has 1 aliphatic carbocycles. The van der Waals surface area contributed by atoms with Gasteiger partial charge in [0.2, 0.25) is 0 Å². The van der Waals surface area contributed by atoms with Gasteiger partial charge in [-0.05, 0) is 76.2 Å². The minimum absolute atomic E-state index is 0.178. The molecular weight excluding hydrogens is 417 g/mol. The zero-order valence-electron chi connectivity index (χ0n) is 18.6. The van der Waals surface area contributed by atoms with Gasteiger partial charge >= 0.3 is 6.18 Å². The Morgan fingerprint density at radius 2 is 1.91 bits per heavy atom. The van der Waals surface area contributed by atoms with Crippen LogP contribution in [0.3, 0.4) is 0 Å². The van der Waals surface area contributed by atoms with Crippen molar-refractivity contribution in [3.05, 3.63) is 59.3 Å². The van der Waals surface area contributed by atoms with Gasteiger partial charge < -0.3 is 15.0 Å². The van der Waals surface area contributed by atoms with Gasteiger partial charge in [-0.2, -0.15) is 18.3 Å². The minimum atomic E-state index is -4.39. The smallest absolute Gasteiger partial charge is 0.416 e. The second kappa shape index (κ2) is 8.58. The molecule has 1 aliphatic rings. The molecule has 1 N–H and O–H groups in total. The van der Waals surface area contributed by atoms with Gasteiger partial charge in [-0.25, -0.2) is 0 Å². The molecule has 170 valence electrons. The second-order valence-electron chi connectivity index (χ2n) is 8.65. The molecule has 0 radical (unpaired) electrons. The van der Waals surface area contributed by atoms with E-state index in [2.05, 4.69) is 34.5 Å². The number of ether oxygens (including phenoxy) is 1. The zero-order valence-corrected chi connectivity index (χ0v) is 18.6. The molecule has 1 atom stereocenters.